The topological polar surface area (TPSA) is 85.5 Å². The van der Waals surface area contributed by atoms with E-state index < -0.39 is 10.0 Å². The molecule has 0 atom stereocenters. The summed E-state index contributed by atoms with van der Waals surface area (Å²) in [5.41, 5.74) is 1.53. The van der Waals surface area contributed by atoms with Gasteiger partial charge in [0.15, 0.2) is 0 Å². The molecule has 0 unspecified atom stereocenters. The lowest BCUT2D eigenvalue weighted by atomic mass is 9.98. The average molecular weight is 379 g/mol. The Labute approximate surface area is 154 Å². The van der Waals surface area contributed by atoms with Gasteiger partial charge in [0.2, 0.25) is 21.8 Å². The van der Waals surface area contributed by atoms with Gasteiger partial charge in [-0.15, -0.1) is 10.2 Å². The van der Waals surface area contributed by atoms with E-state index in [1.54, 1.807) is 23.4 Å². The van der Waals surface area contributed by atoms with Crippen molar-refractivity contribution in [1.29, 1.82) is 0 Å². The molecule has 0 spiro atoms. The molecule has 1 saturated heterocycles. The Kier molecular flexibility index (Phi) is 5.34. The molecule has 0 bridgehead atoms. The molecule has 3 rings (SSSR count). The lowest BCUT2D eigenvalue weighted by molar-refractivity contribution is 0.287. The van der Waals surface area contributed by atoms with E-state index >= 15 is 0 Å². The molecule has 1 aliphatic rings. The highest BCUT2D eigenvalue weighted by Crippen LogP contribution is 2.32. The van der Waals surface area contributed by atoms with Crippen LogP contribution in [0.25, 0.3) is 0 Å². The molecule has 2 heterocycles. The summed E-state index contributed by atoms with van der Waals surface area (Å²) in [5.74, 6) is 1.99. The maximum absolute atomic E-state index is 13.1. The lowest BCUT2D eigenvalue weighted by Gasteiger charge is -2.30. The van der Waals surface area contributed by atoms with Gasteiger partial charge in [0.05, 0.1) is 11.5 Å². The molecule has 1 aromatic heterocycles. The van der Waals surface area contributed by atoms with Crippen molar-refractivity contribution in [2.45, 2.75) is 51.3 Å². The average Bonchev–Trinajstić information content (AvgIpc) is 3.04. The van der Waals surface area contributed by atoms with Crippen LogP contribution in [0.5, 0.6) is 5.75 Å². The predicted molar refractivity (Wildman–Crippen MR) is 96.9 cm³/mol. The maximum atomic E-state index is 13.1. The Morgan fingerprint density at radius 2 is 1.85 bits per heavy atom. The maximum Gasteiger partial charge on any atom is 0.243 e. The monoisotopic (exact) mass is 379 g/mol. The largest absolute Gasteiger partial charge is 0.494 e. The van der Waals surface area contributed by atoms with E-state index in [4.69, 9.17) is 9.15 Å². The Hall–Kier alpha value is -1.93. The first-order valence-electron chi connectivity index (χ1n) is 8.87. The molecule has 1 fully saturated rings. The Bertz CT molecular complexity index is 884. The molecule has 8 heteroatoms. The zero-order chi connectivity index (χ0) is 18.9. The van der Waals surface area contributed by atoms with Gasteiger partial charge >= 0.3 is 0 Å². The number of ether oxygens (including phenoxy) is 1. The summed E-state index contributed by atoms with van der Waals surface area (Å²) in [4.78, 5) is 0.352. The second-order valence-electron chi connectivity index (χ2n) is 6.65. The number of aryl methyl sites for hydroxylation is 3. The summed E-state index contributed by atoms with van der Waals surface area (Å²) in [5, 5.41) is 7.93. The smallest absolute Gasteiger partial charge is 0.243 e. The zero-order valence-electron chi connectivity index (χ0n) is 15.7. The van der Waals surface area contributed by atoms with E-state index in [0.29, 0.717) is 54.8 Å². The molecule has 0 amide bonds. The van der Waals surface area contributed by atoms with Crippen LogP contribution in [0.4, 0.5) is 0 Å². The highest BCUT2D eigenvalue weighted by molar-refractivity contribution is 7.89. The number of hydrogen-bond donors (Lipinski definition) is 0. The summed E-state index contributed by atoms with van der Waals surface area (Å²) in [6.07, 6.45) is 1.35. The van der Waals surface area contributed by atoms with Gasteiger partial charge in [0.25, 0.3) is 0 Å². The van der Waals surface area contributed by atoms with Crippen LogP contribution in [0.2, 0.25) is 0 Å². The van der Waals surface area contributed by atoms with Crippen LogP contribution in [0.15, 0.2) is 21.4 Å². The third kappa shape index (κ3) is 3.61. The molecular weight excluding hydrogens is 354 g/mol. The Morgan fingerprint density at radius 3 is 2.42 bits per heavy atom. The minimum Gasteiger partial charge on any atom is -0.494 e. The van der Waals surface area contributed by atoms with E-state index in [1.807, 2.05) is 20.8 Å². The first-order chi connectivity index (χ1) is 12.3. The van der Waals surface area contributed by atoms with Crippen LogP contribution in [0, 0.1) is 20.8 Å². The fraction of sp³-hybridized carbons (Fsp3) is 0.556. The highest BCUT2D eigenvalue weighted by atomic mass is 32.2. The third-order valence-corrected chi connectivity index (χ3v) is 6.78. The van der Waals surface area contributed by atoms with Gasteiger partial charge in [-0.2, -0.15) is 4.31 Å². The van der Waals surface area contributed by atoms with Crippen molar-refractivity contribution in [1.82, 2.24) is 14.5 Å². The van der Waals surface area contributed by atoms with Gasteiger partial charge in [0.1, 0.15) is 5.75 Å². The van der Waals surface area contributed by atoms with Crippen LogP contribution in [0.1, 0.15) is 48.6 Å². The van der Waals surface area contributed by atoms with Crippen molar-refractivity contribution in [2.24, 2.45) is 0 Å². The number of piperidine rings is 1. The summed E-state index contributed by atoms with van der Waals surface area (Å²) in [7, 11) is -3.54. The SMILES string of the molecule is CCOc1cc(C)c(S(=O)(=O)N2CCC(c3nnc(C)o3)CC2)cc1C. The standard InChI is InChI=1S/C18H25N3O4S/c1-5-24-16-10-13(3)17(11-12(16)2)26(22,23)21-8-6-15(7-9-21)18-20-19-14(4)25-18/h10-11,15H,5-9H2,1-4H3. The number of nitrogens with zero attached hydrogens (tertiary/aromatic N) is 3. The molecule has 1 aliphatic heterocycles. The molecule has 0 aliphatic carbocycles. The van der Waals surface area contributed by atoms with Gasteiger partial charge < -0.3 is 9.15 Å². The van der Waals surface area contributed by atoms with E-state index in [2.05, 4.69) is 10.2 Å². The van der Waals surface area contributed by atoms with Crippen molar-refractivity contribution in [3.8, 4) is 5.75 Å². The molecule has 7 nitrogen and oxygen atoms in total. The number of benzene rings is 1. The highest BCUT2D eigenvalue weighted by Gasteiger charge is 2.33. The summed E-state index contributed by atoms with van der Waals surface area (Å²) >= 11 is 0. The van der Waals surface area contributed by atoms with Crippen molar-refractivity contribution in [2.75, 3.05) is 19.7 Å². The van der Waals surface area contributed by atoms with Gasteiger partial charge in [-0.25, -0.2) is 8.42 Å². The molecule has 2 aromatic rings. The van der Waals surface area contributed by atoms with Crippen molar-refractivity contribution in [3.05, 3.63) is 35.0 Å². The summed E-state index contributed by atoms with van der Waals surface area (Å²) < 4.78 is 38.8. The van der Waals surface area contributed by atoms with Gasteiger partial charge in [-0.05, 0) is 56.9 Å². The molecule has 0 N–H and O–H groups in total. The Morgan fingerprint density at radius 1 is 1.15 bits per heavy atom. The molecule has 26 heavy (non-hydrogen) atoms. The number of sulfonamides is 1. The summed E-state index contributed by atoms with van der Waals surface area (Å²) in [6.45, 7) is 8.79. The second kappa shape index (κ2) is 7.36. The van der Waals surface area contributed by atoms with E-state index in [9.17, 15) is 8.42 Å². The van der Waals surface area contributed by atoms with Crippen molar-refractivity contribution < 1.29 is 17.6 Å². The normalized spacial score (nSPS) is 16.8. The minimum atomic E-state index is -3.54. The first-order valence-corrected chi connectivity index (χ1v) is 10.3. The van der Waals surface area contributed by atoms with E-state index in [0.717, 1.165) is 11.3 Å². The van der Waals surface area contributed by atoms with E-state index in [-0.39, 0.29) is 5.92 Å². The molecule has 0 radical (unpaired) electrons. The van der Waals surface area contributed by atoms with Crippen LogP contribution < -0.4 is 4.74 Å². The minimum absolute atomic E-state index is 0.116. The third-order valence-electron chi connectivity index (χ3n) is 4.74. The fourth-order valence-corrected chi connectivity index (χ4v) is 5.07. The quantitative estimate of drug-likeness (QED) is 0.794. The van der Waals surface area contributed by atoms with E-state index in [1.165, 1.54) is 0 Å². The van der Waals surface area contributed by atoms with Crippen molar-refractivity contribution >= 4 is 10.0 Å². The van der Waals surface area contributed by atoms with Crippen LogP contribution in [-0.2, 0) is 10.0 Å². The predicted octanol–water partition coefficient (Wildman–Crippen LogP) is 2.96. The molecule has 0 saturated carbocycles. The van der Waals surface area contributed by atoms with Gasteiger partial charge in [0, 0.05) is 25.9 Å². The van der Waals surface area contributed by atoms with Crippen LogP contribution in [-0.4, -0.2) is 42.6 Å². The second-order valence-corrected chi connectivity index (χ2v) is 8.56. The zero-order valence-corrected chi connectivity index (χ0v) is 16.5. The van der Waals surface area contributed by atoms with Crippen LogP contribution >= 0.6 is 0 Å². The molecular formula is C18H25N3O4S. The number of aromatic nitrogens is 2. The fourth-order valence-electron chi connectivity index (χ4n) is 3.31. The lowest BCUT2D eigenvalue weighted by Crippen LogP contribution is -2.38. The number of rotatable bonds is 5. The molecule has 1 aromatic carbocycles. The molecule has 142 valence electrons. The van der Waals surface area contributed by atoms with Crippen LogP contribution in [0.3, 0.4) is 0 Å². The van der Waals surface area contributed by atoms with Crippen molar-refractivity contribution in [3.63, 3.8) is 0 Å². The summed E-state index contributed by atoms with van der Waals surface area (Å²) in [6, 6.07) is 3.52. The number of hydrogen-bond acceptors (Lipinski definition) is 6. The van der Waals surface area contributed by atoms with Gasteiger partial charge in [-0.1, -0.05) is 0 Å². The Balaban J connectivity index is 1.78. The van der Waals surface area contributed by atoms with Gasteiger partial charge in [-0.3, -0.25) is 0 Å². The first kappa shape index (κ1) is 18.8.